The highest BCUT2D eigenvalue weighted by atomic mass is 16.5. The van der Waals surface area contributed by atoms with E-state index < -0.39 is 6.10 Å². The standard InChI is InChI=1S/C18H25NO6/c1-10(20)16-13(23-4)8-14(24-5)17(18(16)22)12-6-7-19(3)9-15(12)25-11(2)21/h8,12,15,22H,6-7,9H2,1-5H3. The van der Waals surface area contributed by atoms with E-state index in [1.165, 1.54) is 28.1 Å². The molecule has 1 saturated heterocycles. The summed E-state index contributed by atoms with van der Waals surface area (Å²) in [4.78, 5) is 25.6. The molecule has 1 aromatic carbocycles. The van der Waals surface area contributed by atoms with Crippen molar-refractivity contribution in [2.24, 2.45) is 0 Å². The second-order valence-electron chi connectivity index (χ2n) is 6.28. The lowest BCUT2D eigenvalue weighted by Crippen LogP contribution is -2.43. The number of ether oxygens (including phenoxy) is 3. The molecule has 25 heavy (non-hydrogen) atoms. The summed E-state index contributed by atoms with van der Waals surface area (Å²) in [6.45, 7) is 4.03. The van der Waals surface area contributed by atoms with E-state index in [4.69, 9.17) is 14.2 Å². The first kappa shape index (κ1) is 19.1. The second kappa shape index (κ2) is 7.74. The first-order valence-electron chi connectivity index (χ1n) is 8.14. The number of hydrogen-bond donors (Lipinski definition) is 1. The fourth-order valence-electron chi connectivity index (χ4n) is 3.40. The molecule has 2 rings (SSSR count). The molecule has 0 amide bonds. The van der Waals surface area contributed by atoms with Gasteiger partial charge in [0.1, 0.15) is 28.9 Å². The number of Topliss-reactive ketones (excluding diaryl/α,β-unsaturated/α-hetero) is 1. The van der Waals surface area contributed by atoms with Crippen molar-refractivity contribution in [2.45, 2.75) is 32.3 Å². The van der Waals surface area contributed by atoms with Crippen LogP contribution >= 0.6 is 0 Å². The van der Waals surface area contributed by atoms with E-state index in [0.29, 0.717) is 24.3 Å². The number of carbonyl (C=O) groups excluding carboxylic acids is 2. The molecule has 0 aliphatic carbocycles. The topological polar surface area (TPSA) is 85.3 Å². The summed E-state index contributed by atoms with van der Waals surface area (Å²) in [5, 5.41) is 10.8. The first-order valence-corrected chi connectivity index (χ1v) is 8.14. The van der Waals surface area contributed by atoms with Crippen LogP contribution in [0.5, 0.6) is 17.2 Å². The largest absolute Gasteiger partial charge is 0.507 e. The monoisotopic (exact) mass is 351 g/mol. The molecule has 0 spiro atoms. The predicted octanol–water partition coefficient (Wildman–Crippen LogP) is 1.96. The molecular weight excluding hydrogens is 326 g/mol. The fourth-order valence-corrected chi connectivity index (χ4v) is 3.40. The summed E-state index contributed by atoms with van der Waals surface area (Å²) in [6.07, 6.45) is 0.214. The molecule has 1 aromatic rings. The van der Waals surface area contributed by atoms with Gasteiger partial charge in [-0.3, -0.25) is 9.59 Å². The molecule has 1 fully saturated rings. The van der Waals surface area contributed by atoms with Crippen molar-refractivity contribution < 1.29 is 28.9 Å². The predicted molar refractivity (Wildman–Crippen MR) is 91.6 cm³/mol. The molecule has 1 aliphatic heterocycles. The molecule has 1 heterocycles. The van der Waals surface area contributed by atoms with Crippen LogP contribution in [0.2, 0.25) is 0 Å². The molecule has 0 saturated carbocycles. The number of piperidine rings is 1. The minimum Gasteiger partial charge on any atom is -0.507 e. The van der Waals surface area contributed by atoms with Gasteiger partial charge in [-0.05, 0) is 26.9 Å². The van der Waals surface area contributed by atoms with Gasteiger partial charge in [-0.2, -0.15) is 0 Å². The van der Waals surface area contributed by atoms with Gasteiger partial charge in [0.25, 0.3) is 0 Å². The van der Waals surface area contributed by atoms with Crippen molar-refractivity contribution in [3.63, 3.8) is 0 Å². The number of hydrogen-bond acceptors (Lipinski definition) is 7. The summed E-state index contributed by atoms with van der Waals surface area (Å²) in [6, 6.07) is 1.59. The summed E-state index contributed by atoms with van der Waals surface area (Å²) >= 11 is 0. The minimum absolute atomic E-state index is 0.110. The first-order chi connectivity index (χ1) is 11.8. The molecule has 1 N–H and O–H groups in total. The molecule has 0 radical (unpaired) electrons. The Balaban J connectivity index is 2.60. The van der Waals surface area contributed by atoms with Crippen LogP contribution in [-0.2, 0) is 9.53 Å². The van der Waals surface area contributed by atoms with E-state index in [0.717, 1.165) is 6.54 Å². The number of carbonyl (C=O) groups is 2. The maximum Gasteiger partial charge on any atom is 0.302 e. The molecule has 1 aliphatic rings. The molecule has 2 unspecified atom stereocenters. The average Bonchev–Trinajstić information content (AvgIpc) is 2.53. The Morgan fingerprint density at radius 2 is 1.84 bits per heavy atom. The van der Waals surface area contributed by atoms with Crippen LogP contribution in [0, 0.1) is 0 Å². The van der Waals surface area contributed by atoms with E-state index in [9.17, 15) is 14.7 Å². The van der Waals surface area contributed by atoms with Crippen LogP contribution < -0.4 is 9.47 Å². The SMILES string of the molecule is COc1cc(OC)c(C2CCN(C)CC2OC(C)=O)c(O)c1C(C)=O. The highest BCUT2D eigenvalue weighted by Crippen LogP contribution is 2.46. The minimum atomic E-state index is -0.441. The summed E-state index contributed by atoms with van der Waals surface area (Å²) < 4.78 is 16.1. The van der Waals surface area contributed by atoms with Crippen LogP contribution in [0.3, 0.4) is 0 Å². The fraction of sp³-hybridized carbons (Fsp3) is 0.556. The van der Waals surface area contributed by atoms with Gasteiger partial charge in [0, 0.05) is 31.0 Å². The number of phenols is 1. The van der Waals surface area contributed by atoms with Gasteiger partial charge in [-0.15, -0.1) is 0 Å². The van der Waals surface area contributed by atoms with Gasteiger partial charge < -0.3 is 24.2 Å². The lowest BCUT2D eigenvalue weighted by atomic mass is 9.84. The molecular formula is C18H25NO6. The van der Waals surface area contributed by atoms with Crippen molar-refractivity contribution in [3.05, 3.63) is 17.2 Å². The Labute approximate surface area is 147 Å². The van der Waals surface area contributed by atoms with Crippen molar-refractivity contribution in [1.29, 1.82) is 0 Å². The third-order valence-electron chi connectivity index (χ3n) is 4.51. The van der Waals surface area contributed by atoms with Crippen LogP contribution in [0.15, 0.2) is 6.07 Å². The third-order valence-corrected chi connectivity index (χ3v) is 4.51. The normalized spacial score (nSPS) is 20.8. The Kier molecular flexibility index (Phi) is 5.89. The summed E-state index contributed by atoms with van der Waals surface area (Å²) in [5.41, 5.74) is 0.589. The van der Waals surface area contributed by atoms with Gasteiger partial charge in [-0.25, -0.2) is 0 Å². The van der Waals surface area contributed by atoms with E-state index in [2.05, 4.69) is 4.90 Å². The van der Waals surface area contributed by atoms with Crippen LogP contribution in [0.4, 0.5) is 0 Å². The highest BCUT2D eigenvalue weighted by molar-refractivity contribution is 6.00. The average molecular weight is 351 g/mol. The Morgan fingerprint density at radius 1 is 1.20 bits per heavy atom. The van der Waals surface area contributed by atoms with E-state index in [1.807, 2.05) is 7.05 Å². The quantitative estimate of drug-likeness (QED) is 0.641. The van der Waals surface area contributed by atoms with Crippen LogP contribution in [0.1, 0.15) is 42.1 Å². The van der Waals surface area contributed by atoms with Crippen LogP contribution in [-0.4, -0.2) is 62.2 Å². The molecule has 138 valence electrons. The van der Waals surface area contributed by atoms with Crippen molar-refractivity contribution in [1.82, 2.24) is 4.90 Å². The van der Waals surface area contributed by atoms with Gasteiger partial charge in [0.2, 0.25) is 0 Å². The molecule has 2 atom stereocenters. The zero-order chi connectivity index (χ0) is 18.7. The number of rotatable bonds is 5. The summed E-state index contributed by atoms with van der Waals surface area (Å²) in [5.74, 6) is -0.484. The van der Waals surface area contributed by atoms with Crippen molar-refractivity contribution in [2.75, 3.05) is 34.4 Å². The molecule has 0 aromatic heterocycles. The highest BCUT2D eigenvalue weighted by Gasteiger charge is 2.37. The lowest BCUT2D eigenvalue weighted by Gasteiger charge is -2.37. The van der Waals surface area contributed by atoms with Gasteiger partial charge >= 0.3 is 5.97 Å². The second-order valence-corrected chi connectivity index (χ2v) is 6.28. The van der Waals surface area contributed by atoms with Crippen molar-refractivity contribution in [3.8, 4) is 17.2 Å². The molecule has 7 nitrogen and oxygen atoms in total. The number of methoxy groups -OCH3 is 2. The number of likely N-dealkylation sites (N-methyl/N-ethyl adjacent to an activating group) is 1. The number of ketones is 1. The zero-order valence-electron chi connectivity index (χ0n) is 15.3. The van der Waals surface area contributed by atoms with Gasteiger partial charge in [-0.1, -0.05) is 0 Å². The number of nitrogens with zero attached hydrogens (tertiary/aromatic N) is 1. The maximum absolute atomic E-state index is 12.0. The number of esters is 1. The van der Waals surface area contributed by atoms with E-state index >= 15 is 0 Å². The Morgan fingerprint density at radius 3 is 2.36 bits per heavy atom. The number of phenolic OH excluding ortho intramolecular Hbond substituents is 1. The Hall–Kier alpha value is -2.28. The smallest absolute Gasteiger partial charge is 0.302 e. The van der Waals surface area contributed by atoms with E-state index in [1.54, 1.807) is 6.07 Å². The van der Waals surface area contributed by atoms with E-state index in [-0.39, 0.29) is 34.7 Å². The molecule has 7 heteroatoms. The number of aromatic hydroxyl groups is 1. The number of likely N-dealkylation sites (tertiary alicyclic amines) is 1. The zero-order valence-corrected chi connectivity index (χ0v) is 15.3. The lowest BCUT2D eigenvalue weighted by molar-refractivity contribution is -0.149. The number of benzene rings is 1. The van der Waals surface area contributed by atoms with Gasteiger partial charge in [0.05, 0.1) is 14.2 Å². The van der Waals surface area contributed by atoms with Crippen molar-refractivity contribution >= 4 is 11.8 Å². The third kappa shape index (κ3) is 3.87. The van der Waals surface area contributed by atoms with Crippen LogP contribution in [0.25, 0.3) is 0 Å². The van der Waals surface area contributed by atoms with Gasteiger partial charge in [0.15, 0.2) is 5.78 Å². The Bertz CT molecular complexity index is 672. The maximum atomic E-state index is 12.0. The summed E-state index contributed by atoms with van der Waals surface area (Å²) in [7, 11) is 4.86. The molecule has 0 bridgehead atoms.